The van der Waals surface area contributed by atoms with Crippen molar-refractivity contribution in [3.05, 3.63) is 53.8 Å². The first-order valence-corrected chi connectivity index (χ1v) is 8.17. The van der Waals surface area contributed by atoms with Gasteiger partial charge in [-0.2, -0.15) is 0 Å². The third-order valence-corrected chi connectivity index (χ3v) is 4.40. The minimum Gasteiger partial charge on any atom is -0.493 e. The fourth-order valence-corrected chi connectivity index (χ4v) is 3.15. The van der Waals surface area contributed by atoms with Gasteiger partial charge in [-0.25, -0.2) is 9.18 Å². The summed E-state index contributed by atoms with van der Waals surface area (Å²) >= 11 is 0. The van der Waals surface area contributed by atoms with E-state index < -0.39 is 0 Å². The fraction of sp³-hybridized carbons (Fsp3) is 0.316. The largest absolute Gasteiger partial charge is 0.493 e. The summed E-state index contributed by atoms with van der Waals surface area (Å²) in [5.74, 6) is 0.880. The highest BCUT2D eigenvalue weighted by Gasteiger charge is 2.30. The van der Waals surface area contributed by atoms with Crippen molar-refractivity contribution in [2.24, 2.45) is 0 Å². The first kappa shape index (κ1) is 17.1. The van der Waals surface area contributed by atoms with Crippen LogP contribution in [0.1, 0.15) is 24.4 Å². The van der Waals surface area contributed by atoms with Gasteiger partial charge in [0.1, 0.15) is 5.82 Å². The molecule has 1 aliphatic heterocycles. The summed E-state index contributed by atoms with van der Waals surface area (Å²) in [6.07, 6.45) is 1.78. The van der Waals surface area contributed by atoms with Crippen LogP contribution in [0.25, 0.3) is 0 Å². The smallest absolute Gasteiger partial charge is 0.322 e. The lowest BCUT2D eigenvalue weighted by atomic mass is 10.0. The van der Waals surface area contributed by atoms with Crippen molar-refractivity contribution in [2.75, 3.05) is 26.1 Å². The standard InChI is InChI=1S/C19H21FN2O3/c1-24-17-10-9-15(12-18(17)25-2)21-19(23)22-11-3-4-16(22)13-5-7-14(20)8-6-13/h5-10,12,16H,3-4,11H2,1-2H3,(H,21,23)/t16-/m0/s1. The number of benzene rings is 2. The number of rotatable bonds is 4. The lowest BCUT2D eigenvalue weighted by Gasteiger charge is -2.25. The molecule has 1 saturated heterocycles. The molecular weight excluding hydrogens is 323 g/mol. The van der Waals surface area contributed by atoms with Crippen molar-refractivity contribution in [1.82, 2.24) is 4.90 Å². The fourth-order valence-electron chi connectivity index (χ4n) is 3.15. The molecule has 132 valence electrons. The van der Waals surface area contributed by atoms with E-state index in [0.717, 1.165) is 18.4 Å². The molecule has 0 aliphatic carbocycles. The highest BCUT2D eigenvalue weighted by Crippen LogP contribution is 2.34. The average Bonchev–Trinajstić information content (AvgIpc) is 3.12. The Morgan fingerprint density at radius 1 is 1.12 bits per heavy atom. The van der Waals surface area contributed by atoms with Crippen LogP contribution in [0.4, 0.5) is 14.9 Å². The van der Waals surface area contributed by atoms with Gasteiger partial charge in [-0.1, -0.05) is 12.1 Å². The molecule has 2 aromatic carbocycles. The maximum Gasteiger partial charge on any atom is 0.322 e. The zero-order chi connectivity index (χ0) is 17.8. The summed E-state index contributed by atoms with van der Waals surface area (Å²) in [5, 5.41) is 2.90. The molecule has 25 heavy (non-hydrogen) atoms. The van der Waals surface area contributed by atoms with E-state index in [2.05, 4.69) is 5.32 Å². The van der Waals surface area contributed by atoms with E-state index >= 15 is 0 Å². The molecule has 1 heterocycles. The molecule has 0 saturated carbocycles. The van der Waals surface area contributed by atoms with Gasteiger partial charge >= 0.3 is 6.03 Å². The number of ether oxygens (including phenoxy) is 2. The zero-order valence-corrected chi connectivity index (χ0v) is 14.3. The Labute approximate surface area is 146 Å². The molecule has 3 rings (SSSR count). The Hall–Kier alpha value is -2.76. The minimum atomic E-state index is -0.275. The first-order valence-electron chi connectivity index (χ1n) is 8.17. The normalized spacial score (nSPS) is 16.6. The second kappa shape index (κ2) is 7.42. The molecule has 0 spiro atoms. The Balaban J connectivity index is 1.75. The molecular formula is C19H21FN2O3. The van der Waals surface area contributed by atoms with Crippen molar-refractivity contribution in [2.45, 2.75) is 18.9 Å². The van der Waals surface area contributed by atoms with E-state index in [1.807, 2.05) is 0 Å². The van der Waals surface area contributed by atoms with Gasteiger partial charge < -0.3 is 19.7 Å². The summed E-state index contributed by atoms with van der Waals surface area (Å²) in [7, 11) is 3.11. The van der Waals surface area contributed by atoms with E-state index in [0.29, 0.717) is 23.7 Å². The van der Waals surface area contributed by atoms with Crippen molar-refractivity contribution in [3.63, 3.8) is 0 Å². The predicted octanol–water partition coefficient (Wildman–Crippen LogP) is 4.21. The second-order valence-electron chi connectivity index (χ2n) is 5.90. The number of carbonyl (C=O) groups excluding carboxylic acids is 1. The SMILES string of the molecule is COc1ccc(NC(=O)N2CCC[C@H]2c2ccc(F)cc2)cc1OC. The van der Waals surface area contributed by atoms with Gasteiger partial charge in [-0.3, -0.25) is 0 Å². The van der Waals surface area contributed by atoms with Crippen molar-refractivity contribution in [3.8, 4) is 11.5 Å². The summed E-state index contributed by atoms with van der Waals surface area (Å²) < 4.78 is 23.6. The lowest BCUT2D eigenvalue weighted by molar-refractivity contribution is 0.207. The van der Waals surface area contributed by atoms with Gasteiger partial charge in [0, 0.05) is 18.3 Å². The number of nitrogens with one attached hydrogen (secondary N) is 1. The van der Waals surface area contributed by atoms with Gasteiger partial charge in [-0.15, -0.1) is 0 Å². The quantitative estimate of drug-likeness (QED) is 0.904. The van der Waals surface area contributed by atoms with E-state index in [4.69, 9.17) is 9.47 Å². The molecule has 5 nitrogen and oxygen atoms in total. The minimum absolute atomic E-state index is 0.0410. The first-order chi connectivity index (χ1) is 12.1. The van der Waals surface area contributed by atoms with Crippen LogP contribution >= 0.6 is 0 Å². The highest BCUT2D eigenvalue weighted by molar-refractivity contribution is 5.90. The summed E-state index contributed by atoms with van der Waals surface area (Å²) in [5.41, 5.74) is 1.58. The Bertz CT molecular complexity index is 749. The third-order valence-electron chi connectivity index (χ3n) is 4.40. The van der Waals surface area contributed by atoms with E-state index in [9.17, 15) is 9.18 Å². The van der Waals surface area contributed by atoms with Crippen LogP contribution in [-0.2, 0) is 0 Å². The van der Waals surface area contributed by atoms with Crippen molar-refractivity contribution >= 4 is 11.7 Å². The van der Waals surface area contributed by atoms with Crippen LogP contribution < -0.4 is 14.8 Å². The number of carbonyl (C=O) groups is 1. The Kier molecular flexibility index (Phi) is 5.07. The maximum absolute atomic E-state index is 13.1. The monoisotopic (exact) mass is 344 g/mol. The van der Waals surface area contributed by atoms with Gasteiger partial charge in [0.05, 0.1) is 20.3 Å². The van der Waals surface area contributed by atoms with Crippen LogP contribution in [0.3, 0.4) is 0 Å². The van der Waals surface area contributed by atoms with Gasteiger partial charge in [0.25, 0.3) is 0 Å². The van der Waals surface area contributed by atoms with Crippen molar-refractivity contribution < 1.29 is 18.7 Å². The van der Waals surface area contributed by atoms with Crippen molar-refractivity contribution in [1.29, 1.82) is 0 Å². The number of nitrogens with zero attached hydrogens (tertiary/aromatic N) is 1. The number of hydrogen-bond donors (Lipinski definition) is 1. The summed E-state index contributed by atoms with van der Waals surface area (Å²) in [4.78, 5) is 14.5. The van der Waals surface area contributed by atoms with Gasteiger partial charge in [-0.05, 0) is 42.7 Å². The van der Waals surface area contributed by atoms with Crippen LogP contribution in [0.15, 0.2) is 42.5 Å². The molecule has 2 aromatic rings. The topological polar surface area (TPSA) is 50.8 Å². The highest BCUT2D eigenvalue weighted by atomic mass is 19.1. The van der Waals surface area contributed by atoms with E-state index in [1.165, 1.54) is 12.1 Å². The summed E-state index contributed by atoms with van der Waals surface area (Å²) in [6, 6.07) is 11.3. The van der Waals surface area contributed by atoms with Gasteiger partial charge in [0.2, 0.25) is 0 Å². The van der Waals surface area contributed by atoms with Crippen LogP contribution in [0, 0.1) is 5.82 Å². The number of urea groups is 1. The average molecular weight is 344 g/mol. The molecule has 0 radical (unpaired) electrons. The maximum atomic E-state index is 13.1. The predicted molar refractivity (Wildman–Crippen MR) is 93.6 cm³/mol. The molecule has 2 amide bonds. The number of amides is 2. The molecule has 1 atom stereocenters. The Morgan fingerprint density at radius 2 is 1.84 bits per heavy atom. The lowest BCUT2D eigenvalue weighted by Crippen LogP contribution is -2.34. The van der Waals surface area contributed by atoms with E-state index in [1.54, 1.807) is 49.5 Å². The van der Waals surface area contributed by atoms with Crippen LogP contribution in [0.5, 0.6) is 11.5 Å². The number of anilines is 1. The van der Waals surface area contributed by atoms with E-state index in [-0.39, 0.29) is 17.9 Å². The third kappa shape index (κ3) is 3.68. The number of halogens is 1. The number of likely N-dealkylation sites (tertiary alicyclic amines) is 1. The Morgan fingerprint density at radius 3 is 2.52 bits per heavy atom. The number of hydrogen-bond acceptors (Lipinski definition) is 3. The molecule has 6 heteroatoms. The molecule has 1 N–H and O–H groups in total. The zero-order valence-electron chi connectivity index (χ0n) is 14.3. The summed E-state index contributed by atoms with van der Waals surface area (Å²) in [6.45, 7) is 0.668. The molecule has 1 aliphatic rings. The van der Waals surface area contributed by atoms with Gasteiger partial charge in [0.15, 0.2) is 11.5 Å². The molecule has 1 fully saturated rings. The van der Waals surface area contributed by atoms with Crippen LogP contribution in [-0.4, -0.2) is 31.7 Å². The van der Waals surface area contributed by atoms with Crippen LogP contribution in [0.2, 0.25) is 0 Å². The second-order valence-corrected chi connectivity index (χ2v) is 5.90. The molecule has 0 unspecified atom stereocenters. The number of methoxy groups -OCH3 is 2. The molecule has 0 bridgehead atoms. The molecule has 0 aromatic heterocycles.